The van der Waals surface area contributed by atoms with Crippen LogP contribution in [0.15, 0.2) is 58.4 Å². The summed E-state index contributed by atoms with van der Waals surface area (Å²) >= 11 is 0. The molecule has 0 bridgehead atoms. The number of aryl methyl sites for hydroxylation is 1. The van der Waals surface area contributed by atoms with Gasteiger partial charge >= 0.3 is 5.69 Å². The Hall–Kier alpha value is -3.81. The monoisotopic (exact) mass is 375 g/mol. The lowest BCUT2D eigenvalue weighted by molar-refractivity contribution is 0.102. The van der Waals surface area contributed by atoms with Crippen LogP contribution in [0.3, 0.4) is 0 Å². The minimum Gasteiger partial charge on any atom is -0.321 e. The van der Waals surface area contributed by atoms with Crippen molar-refractivity contribution in [1.29, 1.82) is 0 Å². The van der Waals surface area contributed by atoms with Gasteiger partial charge in [0.1, 0.15) is 5.65 Å². The van der Waals surface area contributed by atoms with Gasteiger partial charge in [0.2, 0.25) is 0 Å². The van der Waals surface area contributed by atoms with Gasteiger partial charge in [0.15, 0.2) is 0 Å². The zero-order valence-corrected chi connectivity index (χ0v) is 15.1. The maximum atomic E-state index is 12.6. The highest BCUT2D eigenvalue weighted by atomic mass is 16.2. The smallest absolute Gasteiger partial charge is 0.321 e. The average molecular weight is 375 g/mol. The summed E-state index contributed by atoms with van der Waals surface area (Å²) in [6, 6.07) is 10.8. The number of aromatic amines is 1. The van der Waals surface area contributed by atoms with E-state index in [0.29, 0.717) is 18.7 Å². The van der Waals surface area contributed by atoms with E-state index in [1.165, 1.54) is 16.8 Å². The topological polar surface area (TPSA) is 110 Å². The molecular weight excluding hydrogens is 358 g/mol. The number of hydrogen-bond acceptors (Lipinski definition) is 5. The SMILES string of the molecule is CCCn1c(=O)[nH]c(=O)c2cc(C(=O)Nc3cnc4ccccc4c3)cnc21. The van der Waals surface area contributed by atoms with Gasteiger partial charge in [0.25, 0.3) is 11.5 Å². The Morgan fingerprint density at radius 2 is 1.96 bits per heavy atom. The van der Waals surface area contributed by atoms with Crippen LogP contribution in [0.5, 0.6) is 0 Å². The van der Waals surface area contributed by atoms with E-state index in [9.17, 15) is 14.4 Å². The third-order valence-electron chi connectivity index (χ3n) is 4.39. The molecule has 0 aliphatic heterocycles. The summed E-state index contributed by atoms with van der Waals surface area (Å²) in [6.45, 7) is 2.34. The number of nitrogens with zero attached hydrogens (tertiary/aromatic N) is 3. The van der Waals surface area contributed by atoms with E-state index in [0.717, 1.165) is 10.9 Å². The number of carbonyl (C=O) groups excluding carboxylic acids is 1. The molecule has 3 aromatic heterocycles. The molecule has 0 aliphatic carbocycles. The van der Waals surface area contributed by atoms with Gasteiger partial charge in [-0.15, -0.1) is 0 Å². The molecule has 0 fully saturated rings. The number of benzene rings is 1. The molecule has 140 valence electrons. The molecule has 4 aromatic rings. The minimum atomic E-state index is -0.568. The summed E-state index contributed by atoms with van der Waals surface area (Å²) in [4.78, 5) is 47.6. The number of H-pyrrole nitrogens is 1. The van der Waals surface area contributed by atoms with Crippen molar-refractivity contribution in [1.82, 2.24) is 19.5 Å². The van der Waals surface area contributed by atoms with E-state index in [4.69, 9.17) is 0 Å². The van der Waals surface area contributed by atoms with Gasteiger partial charge in [-0.2, -0.15) is 0 Å². The largest absolute Gasteiger partial charge is 0.329 e. The van der Waals surface area contributed by atoms with Crippen LogP contribution in [0.2, 0.25) is 0 Å². The lowest BCUT2D eigenvalue weighted by Crippen LogP contribution is -2.31. The third kappa shape index (κ3) is 3.16. The lowest BCUT2D eigenvalue weighted by Gasteiger charge is -2.09. The van der Waals surface area contributed by atoms with Crippen LogP contribution in [-0.2, 0) is 6.54 Å². The average Bonchev–Trinajstić information content (AvgIpc) is 2.70. The Labute approximate surface area is 158 Å². The highest BCUT2D eigenvalue weighted by molar-refractivity contribution is 6.06. The second-order valence-corrected chi connectivity index (χ2v) is 6.38. The molecule has 28 heavy (non-hydrogen) atoms. The first-order valence-corrected chi connectivity index (χ1v) is 8.86. The number of carbonyl (C=O) groups is 1. The highest BCUT2D eigenvalue weighted by Gasteiger charge is 2.13. The van der Waals surface area contributed by atoms with E-state index < -0.39 is 17.2 Å². The predicted octanol–water partition coefficient (Wildman–Crippen LogP) is 2.30. The first kappa shape index (κ1) is 17.6. The van der Waals surface area contributed by atoms with Gasteiger partial charge in [-0.05, 0) is 24.6 Å². The Morgan fingerprint density at radius 1 is 1.14 bits per heavy atom. The van der Waals surface area contributed by atoms with E-state index in [1.807, 2.05) is 37.3 Å². The number of hydrogen-bond donors (Lipinski definition) is 2. The number of pyridine rings is 2. The van der Waals surface area contributed by atoms with Crippen molar-refractivity contribution in [3.05, 3.63) is 75.2 Å². The van der Waals surface area contributed by atoms with Crippen LogP contribution in [0, 0.1) is 0 Å². The van der Waals surface area contributed by atoms with Crippen molar-refractivity contribution < 1.29 is 4.79 Å². The standard InChI is InChI=1S/C20H17N5O3/c1-2-7-25-17-15(19(27)24-20(25)28)9-13(10-22-17)18(26)23-14-8-12-5-3-4-6-16(12)21-11-14/h3-6,8-11H,2,7H2,1H3,(H,23,26)(H,24,27,28). The van der Waals surface area contributed by atoms with Gasteiger partial charge in [0, 0.05) is 18.1 Å². The van der Waals surface area contributed by atoms with Gasteiger partial charge in [-0.25, -0.2) is 9.78 Å². The van der Waals surface area contributed by atoms with Crippen LogP contribution in [-0.4, -0.2) is 25.4 Å². The first-order valence-electron chi connectivity index (χ1n) is 8.86. The summed E-state index contributed by atoms with van der Waals surface area (Å²) < 4.78 is 1.39. The minimum absolute atomic E-state index is 0.192. The highest BCUT2D eigenvalue weighted by Crippen LogP contribution is 2.17. The van der Waals surface area contributed by atoms with Crippen molar-refractivity contribution in [2.75, 3.05) is 5.32 Å². The summed E-state index contributed by atoms with van der Waals surface area (Å²) in [7, 11) is 0. The van der Waals surface area contributed by atoms with E-state index >= 15 is 0 Å². The molecule has 0 spiro atoms. The molecule has 8 nitrogen and oxygen atoms in total. The normalized spacial score (nSPS) is 11.0. The molecule has 0 aliphatic rings. The van der Waals surface area contributed by atoms with Crippen molar-refractivity contribution in [2.45, 2.75) is 19.9 Å². The van der Waals surface area contributed by atoms with Gasteiger partial charge < -0.3 is 5.32 Å². The lowest BCUT2D eigenvalue weighted by atomic mass is 10.2. The van der Waals surface area contributed by atoms with Crippen LogP contribution in [0.25, 0.3) is 21.9 Å². The Kier molecular flexibility index (Phi) is 4.44. The quantitative estimate of drug-likeness (QED) is 0.569. The molecule has 0 atom stereocenters. The molecule has 8 heteroatoms. The summed E-state index contributed by atoms with van der Waals surface area (Å²) in [5.41, 5.74) is 0.766. The Bertz CT molecular complexity index is 1320. The number of aromatic nitrogens is 4. The van der Waals surface area contributed by atoms with E-state index in [-0.39, 0.29) is 16.6 Å². The zero-order valence-electron chi connectivity index (χ0n) is 15.1. The van der Waals surface area contributed by atoms with Gasteiger partial charge in [-0.1, -0.05) is 25.1 Å². The van der Waals surface area contributed by atoms with Crippen LogP contribution < -0.4 is 16.6 Å². The number of para-hydroxylation sites is 1. The van der Waals surface area contributed by atoms with Crippen molar-refractivity contribution in [2.24, 2.45) is 0 Å². The molecule has 1 amide bonds. The molecule has 2 N–H and O–H groups in total. The fraction of sp³-hybridized carbons (Fsp3) is 0.150. The molecular formula is C20H17N5O3. The van der Waals surface area contributed by atoms with Crippen molar-refractivity contribution >= 4 is 33.5 Å². The summed E-state index contributed by atoms with van der Waals surface area (Å²) in [6.07, 6.45) is 3.64. The second kappa shape index (κ2) is 7.07. The maximum Gasteiger partial charge on any atom is 0.329 e. The van der Waals surface area contributed by atoms with E-state index in [2.05, 4.69) is 20.3 Å². The van der Waals surface area contributed by atoms with Gasteiger partial charge in [0.05, 0.1) is 28.4 Å². The maximum absolute atomic E-state index is 12.6. The van der Waals surface area contributed by atoms with Gasteiger partial charge in [-0.3, -0.25) is 24.1 Å². The number of rotatable bonds is 4. The van der Waals surface area contributed by atoms with Crippen LogP contribution in [0.4, 0.5) is 5.69 Å². The van der Waals surface area contributed by atoms with Crippen molar-refractivity contribution in [3.63, 3.8) is 0 Å². The molecule has 1 aromatic carbocycles. The summed E-state index contributed by atoms with van der Waals surface area (Å²) in [5, 5.41) is 3.86. The fourth-order valence-corrected chi connectivity index (χ4v) is 3.07. The fourth-order valence-electron chi connectivity index (χ4n) is 3.07. The number of anilines is 1. The Balaban J connectivity index is 1.70. The molecule has 0 saturated carbocycles. The number of fused-ring (bicyclic) bond motifs is 2. The van der Waals surface area contributed by atoms with Crippen LogP contribution >= 0.6 is 0 Å². The third-order valence-corrected chi connectivity index (χ3v) is 4.39. The summed E-state index contributed by atoms with van der Waals surface area (Å²) in [5.74, 6) is -0.417. The Morgan fingerprint density at radius 3 is 2.79 bits per heavy atom. The first-order chi connectivity index (χ1) is 13.6. The second-order valence-electron chi connectivity index (χ2n) is 6.38. The van der Waals surface area contributed by atoms with Crippen LogP contribution in [0.1, 0.15) is 23.7 Å². The molecule has 4 rings (SSSR count). The molecule has 0 radical (unpaired) electrons. The molecule has 0 unspecified atom stereocenters. The van der Waals surface area contributed by atoms with Crippen molar-refractivity contribution in [3.8, 4) is 0 Å². The predicted molar refractivity (Wildman–Crippen MR) is 107 cm³/mol. The van der Waals surface area contributed by atoms with E-state index in [1.54, 1.807) is 6.20 Å². The molecule has 0 saturated heterocycles. The number of amides is 1. The zero-order chi connectivity index (χ0) is 19.7. The number of nitrogens with one attached hydrogen (secondary N) is 2. The molecule has 3 heterocycles.